The Morgan fingerprint density at radius 2 is 2.26 bits per heavy atom. The molecule has 2 heterocycles. The molecule has 1 aliphatic rings. The lowest BCUT2D eigenvalue weighted by molar-refractivity contribution is 0.0531. The molecule has 1 fully saturated rings. The van der Waals surface area contributed by atoms with E-state index < -0.39 is 0 Å². The monoisotopic (exact) mass is 335 g/mol. The Labute approximate surface area is 139 Å². The number of hydrogen-bond donors (Lipinski definition) is 1. The first-order valence-corrected chi connectivity index (χ1v) is 8.66. The molecule has 1 saturated carbocycles. The van der Waals surface area contributed by atoms with Crippen molar-refractivity contribution in [2.45, 2.75) is 45.3 Å². The maximum Gasteiger partial charge on any atom is 0.348 e. The highest BCUT2D eigenvalue weighted by molar-refractivity contribution is 7.20. The van der Waals surface area contributed by atoms with Crippen LogP contribution >= 0.6 is 11.3 Å². The van der Waals surface area contributed by atoms with Crippen molar-refractivity contribution in [3.05, 3.63) is 16.8 Å². The number of carbonyl (C=O) groups excluding carboxylic acids is 1. The van der Waals surface area contributed by atoms with Crippen molar-refractivity contribution in [1.82, 2.24) is 9.97 Å². The SMILES string of the molecule is CCOC(=O)c1sc2ncnc(NC3CCC(OC)C3)c2c1C. The third kappa shape index (κ3) is 3.16. The second-order valence-corrected chi connectivity index (χ2v) is 6.69. The van der Waals surface area contributed by atoms with Gasteiger partial charge in [0.2, 0.25) is 0 Å². The number of nitrogens with zero attached hydrogens (tertiary/aromatic N) is 2. The molecule has 1 N–H and O–H groups in total. The van der Waals surface area contributed by atoms with E-state index in [2.05, 4.69) is 15.3 Å². The van der Waals surface area contributed by atoms with Gasteiger partial charge in [-0.05, 0) is 38.7 Å². The molecule has 23 heavy (non-hydrogen) atoms. The summed E-state index contributed by atoms with van der Waals surface area (Å²) in [6.45, 7) is 4.09. The molecule has 0 bridgehead atoms. The van der Waals surface area contributed by atoms with Crippen molar-refractivity contribution < 1.29 is 14.3 Å². The Bertz CT molecular complexity index is 716. The van der Waals surface area contributed by atoms with Gasteiger partial charge in [0.25, 0.3) is 0 Å². The summed E-state index contributed by atoms with van der Waals surface area (Å²) in [7, 11) is 1.75. The van der Waals surface area contributed by atoms with Crippen molar-refractivity contribution in [2.24, 2.45) is 0 Å². The molecule has 0 spiro atoms. The lowest BCUT2D eigenvalue weighted by Crippen LogP contribution is -2.18. The van der Waals surface area contributed by atoms with Gasteiger partial charge in [0.05, 0.1) is 18.1 Å². The molecule has 0 saturated heterocycles. The van der Waals surface area contributed by atoms with Crippen molar-refractivity contribution in [1.29, 1.82) is 0 Å². The first kappa shape index (κ1) is 16.1. The number of aryl methyl sites for hydroxylation is 1. The van der Waals surface area contributed by atoms with Crippen molar-refractivity contribution in [3.8, 4) is 0 Å². The maximum absolute atomic E-state index is 12.1. The molecule has 0 aromatic carbocycles. The zero-order chi connectivity index (χ0) is 16.4. The molecular weight excluding hydrogens is 314 g/mol. The molecule has 2 aromatic rings. The van der Waals surface area contributed by atoms with Gasteiger partial charge in [-0.25, -0.2) is 14.8 Å². The van der Waals surface area contributed by atoms with Crippen LogP contribution in [-0.4, -0.2) is 41.8 Å². The molecule has 2 atom stereocenters. The van der Waals surface area contributed by atoms with Gasteiger partial charge in [-0.2, -0.15) is 0 Å². The molecule has 3 rings (SSSR count). The number of esters is 1. The van der Waals surface area contributed by atoms with Crippen LogP contribution in [0.5, 0.6) is 0 Å². The molecule has 124 valence electrons. The van der Waals surface area contributed by atoms with E-state index >= 15 is 0 Å². The second kappa shape index (κ2) is 6.80. The van der Waals surface area contributed by atoms with E-state index in [-0.39, 0.29) is 5.97 Å². The lowest BCUT2D eigenvalue weighted by atomic mass is 10.2. The molecule has 2 aromatic heterocycles. The first-order valence-electron chi connectivity index (χ1n) is 7.84. The molecule has 6 nitrogen and oxygen atoms in total. The number of hydrogen-bond acceptors (Lipinski definition) is 7. The first-order chi connectivity index (χ1) is 11.1. The summed E-state index contributed by atoms with van der Waals surface area (Å²) in [5.74, 6) is 0.500. The van der Waals surface area contributed by atoms with Crippen LogP contribution in [-0.2, 0) is 9.47 Å². The second-order valence-electron chi connectivity index (χ2n) is 5.69. The maximum atomic E-state index is 12.1. The fourth-order valence-electron chi connectivity index (χ4n) is 3.05. The van der Waals surface area contributed by atoms with Crippen LogP contribution in [0.1, 0.15) is 41.4 Å². The average molecular weight is 335 g/mol. The molecule has 0 amide bonds. The zero-order valence-corrected chi connectivity index (χ0v) is 14.4. The Morgan fingerprint density at radius 3 is 2.96 bits per heavy atom. The van der Waals surface area contributed by atoms with Crippen molar-refractivity contribution in [3.63, 3.8) is 0 Å². The number of fused-ring (bicyclic) bond motifs is 1. The van der Waals surface area contributed by atoms with E-state index in [1.165, 1.54) is 17.7 Å². The third-order valence-electron chi connectivity index (χ3n) is 4.25. The van der Waals surface area contributed by atoms with E-state index in [4.69, 9.17) is 9.47 Å². The molecule has 0 aliphatic heterocycles. The smallest absolute Gasteiger partial charge is 0.348 e. The highest BCUT2D eigenvalue weighted by Gasteiger charge is 2.26. The van der Waals surface area contributed by atoms with Gasteiger partial charge < -0.3 is 14.8 Å². The molecular formula is C16H21N3O3S. The van der Waals surface area contributed by atoms with Gasteiger partial charge in [0.15, 0.2) is 0 Å². The van der Waals surface area contributed by atoms with Crippen LogP contribution in [0.15, 0.2) is 6.33 Å². The summed E-state index contributed by atoms with van der Waals surface area (Å²) in [5.41, 5.74) is 0.882. The number of carbonyl (C=O) groups is 1. The molecule has 1 aliphatic carbocycles. The Kier molecular flexibility index (Phi) is 4.77. The predicted molar refractivity (Wildman–Crippen MR) is 90.2 cm³/mol. The summed E-state index contributed by atoms with van der Waals surface area (Å²) in [5, 5.41) is 4.41. The quantitative estimate of drug-likeness (QED) is 0.846. The molecule has 7 heteroatoms. The van der Waals surface area contributed by atoms with Gasteiger partial charge in [0, 0.05) is 13.2 Å². The predicted octanol–water partition coefficient (Wildman–Crippen LogP) is 3.16. The summed E-state index contributed by atoms with van der Waals surface area (Å²) >= 11 is 1.36. The zero-order valence-electron chi connectivity index (χ0n) is 13.6. The minimum absolute atomic E-state index is 0.292. The number of ether oxygens (including phenoxy) is 2. The third-order valence-corrected chi connectivity index (χ3v) is 5.43. The van der Waals surface area contributed by atoms with Crippen molar-refractivity contribution >= 4 is 33.3 Å². The van der Waals surface area contributed by atoms with Gasteiger partial charge in [-0.15, -0.1) is 11.3 Å². The van der Waals surface area contributed by atoms with Gasteiger partial charge in [0.1, 0.15) is 21.9 Å². The Morgan fingerprint density at radius 1 is 1.43 bits per heavy atom. The molecule has 0 radical (unpaired) electrons. The van der Waals surface area contributed by atoms with Crippen LogP contribution in [0.3, 0.4) is 0 Å². The normalized spacial score (nSPS) is 20.8. The van der Waals surface area contributed by atoms with Crippen LogP contribution in [0.25, 0.3) is 10.2 Å². The van der Waals surface area contributed by atoms with E-state index in [1.807, 2.05) is 6.92 Å². The topological polar surface area (TPSA) is 73.3 Å². The summed E-state index contributed by atoms with van der Waals surface area (Å²) in [4.78, 5) is 22.2. The van der Waals surface area contributed by atoms with Crippen LogP contribution < -0.4 is 5.32 Å². The summed E-state index contributed by atoms with van der Waals surface area (Å²) < 4.78 is 10.5. The number of methoxy groups -OCH3 is 1. The standard InChI is InChI=1S/C16H21N3O3S/c1-4-22-16(20)13-9(2)12-14(17-8-18-15(12)23-13)19-10-5-6-11(7-10)21-3/h8,10-11H,4-7H2,1-3H3,(H,17,18,19). The number of rotatable bonds is 5. The minimum atomic E-state index is -0.292. The van der Waals surface area contributed by atoms with Crippen LogP contribution in [0.4, 0.5) is 5.82 Å². The molecule has 2 unspecified atom stereocenters. The Hall–Kier alpha value is -1.73. The van der Waals surface area contributed by atoms with E-state index in [9.17, 15) is 4.79 Å². The lowest BCUT2D eigenvalue weighted by Gasteiger charge is -2.14. The highest BCUT2D eigenvalue weighted by Crippen LogP contribution is 2.35. The summed E-state index contributed by atoms with van der Waals surface area (Å²) in [6, 6.07) is 0.336. The van der Waals surface area contributed by atoms with E-state index in [0.29, 0.717) is 23.6 Å². The summed E-state index contributed by atoms with van der Waals surface area (Å²) in [6.07, 6.45) is 4.93. The fourth-order valence-corrected chi connectivity index (χ4v) is 4.09. The minimum Gasteiger partial charge on any atom is -0.462 e. The Balaban J connectivity index is 1.90. The van der Waals surface area contributed by atoms with Crippen molar-refractivity contribution in [2.75, 3.05) is 19.0 Å². The highest BCUT2D eigenvalue weighted by atomic mass is 32.1. The largest absolute Gasteiger partial charge is 0.462 e. The number of anilines is 1. The van der Waals surface area contributed by atoms with E-state index in [0.717, 1.165) is 40.9 Å². The van der Waals surface area contributed by atoms with Gasteiger partial charge >= 0.3 is 5.97 Å². The van der Waals surface area contributed by atoms with Crippen LogP contribution in [0, 0.1) is 6.92 Å². The number of nitrogens with one attached hydrogen (secondary N) is 1. The van der Waals surface area contributed by atoms with E-state index in [1.54, 1.807) is 14.0 Å². The number of thiophene rings is 1. The van der Waals surface area contributed by atoms with Gasteiger partial charge in [-0.1, -0.05) is 0 Å². The van der Waals surface area contributed by atoms with Gasteiger partial charge in [-0.3, -0.25) is 0 Å². The number of aromatic nitrogens is 2. The van der Waals surface area contributed by atoms with Crippen LogP contribution in [0.2, 0.25) is 0 Å². The average Bonchev–Trinajstić information content (AvgIpc) is 3.13. The fraction of sp³-hybridized carbons (Fsp3) is 0.562.